The van der Waals surface area contributed by atoms with Crippen LogP contribution in [0.2, 0.25) is 0 Å². The average Bonchev–Trinajstić information content (AvgIpc) is 3.68. The lowest BCUT2D eigenvalue weighted by molar-refractivity contribution is -0.161. The van der Waals surface area contributed by atoms with Crippen LogP contribution in [0.3, 0.4) is 0 Å². The molecular weight excluding hydrogens is 1040 g/mol. The highest BCUT2D eigenvalue weighted by Gasteiger charge is 2.46. The molecule has 1 fully saturated rings. The zero-order valence-corrected chi connectivity index (χ0v) is 49.0. The first-order chi connectivity index (χ1) is 37.5. The number of rotatable bonds is 48. The SMILES string of the molecule is CCCCC[C@H](O)/C=C/C=C\C/C=C\C/C=C\CCCC(=O)O[C@H](COC(=O)CCCCCCCCCCCCCCCCCCCCC(C)CC)COP(=O)(O)OP(=O)(O)OC[C@H]1O[C@@H](n2ccc(N)nc2=O)[C@H](O)[C@@H]1O. The Kier molecular flexibility index (Phi) is 39.4. The van der Waals surface area contributed by atoms with E-state index in [-0.39, 0.29) is 18.7 Å². The number of carbonyl (C=O) groups excluding carboxylic acids is 2. The molecule has 0 saturated carbocycles. The van der Waals surface area contributed by atoms with Crippen LogP contribution in [-0.2, 0) is 46.3 Å². The number of nitrogen functional groups attached to an aromatic ring is 1. The molecule has 1 aliphatic rings. The number of anilines is 1. The molecule has 0 aromatic carbocycles. The molecule has 1 aliphatic heterocycles. The summed E-state index contributed by atoms with van der Waals surface area (Å²) in [6.45, 7) is 4.38. The first-order valence-corrected chi connectivity index (χ1v) is 32.1. The first kappa shape index (κ1) is 70.8. The molecule has 0 bridgehead atoms. The van der Waals surface area contributed by atoms with Crippen LogP contribution in [-0.4, -0.2) is 96.9 Å². The number of phosphoric ester groups is 2. The second kappa shape index (κ2) is 43.4. The van der Waals surface area contributed by atoms with Crippen molar-refractivity contribution in [3.05, 3.63) is 71.4 Å². The molecule has 78 heavy (non-hydrogen) atoms. The van der Waals surface area contributed by atoms with Gasteiger partial charge < -0.3 is 45.1 Å². The summed E-state index contributed by atoms with van der Waals surface area (Å²) >= 11 is 0. The summed E-state index contributed by atoms with van der Waals surface area (Å²) in [4.78, 5) is 62.1. The van der Waals surface area contributed by atoms with E-state index in [1.807, 2.05) is 42.5 Å². The predicted molar refractivity (Wildman–Crippen MR) is 304 cm³/mol. The van der Waals surface area contributed by atoms with E-state index in [1.165, 1.54) is 102 Å². The lowest BCUT2D eigenvalue weighted by Gasteiger charge is -2.21. The van der Waals surface area contributed by atoms with Crippen molar-refractivity contribution in [1.82, 2.24) is 9.55 Å². The zero-order chi connectivity index (χ0) is 57.3. The van der Waals surface area contributed by atoms with Gasteiger partial charge in [0.25, 0.3) is 0 Å². The quantitative estimate of drug-likeness (QED) is 0.0116. The second-order valence-corrected chi connectivity index (χ2v) is 23.6. The number of nitrogens with two attached hydrogens (primary N) is 1. The van der Waals surface area contributed by atoms with Crippen LogP contribution >= 0.6 is 15.6 Å². The van der Waals surface area contributed by atoms with Crippen LogP contribution < -0.4 is 11.4 Å². The molecule has 3 unspecified atom stereocenters. The number of hydrogen-bond acceptors (Lipinski definition) is 16. The summed E-state index contributed by atoms with van der Waals surface area (Å²) in [5.74, 6) is -0.516. The van der Waals surface area contributed by atoms with Crippen molar-refractivity contribution in [3.8, 4) is 0 Å². The van der Waals surface area contributed by atoms with Gasteiger partial charge in [0.15, 0.2) is 12.3 Å². The van der Waals surface area contributed by atoms with Crippen molar-refractivity contribution in [2.75, 3.05) is 25.6 Å². The van der Waals surface area contributed by atoms with Gasteiger partial charge in [0.2, 0.25) is 0 Å². The fraction of sp³-hybridized carbons (Fsp3) is 0.754. The highest BCUT2D eigenvalue weighted by atomic mass is 31.3. The van der Waals surface area contributed by atoms with E-state index < -0.39 is 89.8 Å². The molecule has 1 aromatic rings. The molecule has 1 saturated heterocycles. The van der Waals surface area contributed by atoms with Gasteiger partial charge in [0.1, 0.15) is 30.7 Å². The number of esters is 2. The fourth-order valence-corrected chi connectivity index (χ4v) is 10.7. The van der Waals surface area contributed by atoms with Gasteiger partial charge in [-0.3, -0.25) is 23.2 Å². The average molecular weight is 1140 g/mol. The van der Waals surface area contributed by atoms with E-state index in [4.69, 9.17) is 29.0 Å². The van der Waals surface area contributed by atoms with Gasteiger partial charge in [0.05, 0.1) is 19.3 Å². The normalized spacial score (nSPS) is 19.7. The Labute approximate surface area is 465 Å². The molecule has 0 aliphatic carbocycles. The van der Waals surface area contributed by atoms with Crippen LogP contribution in [0.25, 0.3) is 0 Å². The van der Waals surface area contributed by atoms with Crippen molar-refractivity contribution in [1.29, 1.82) is 0 Å². The molecule has 9 atom stereocenters. The third-order valence-corrected chi connectivity index (χ3v) is 16.2. The van der Waals surface area contributed by atoms with Gasteiger partial charge in [-0.25, -0.2) is 13.9 Å². The zero-order valence-electron chi connectivity index (χ0n) is 47.2. The molecule has 1 aromatic heterocycles. The highest BCUT2D eigenvalue weighted by Crippen LogP contribution is 2.60. The molecular formula is C57H99N3O16P2. The van der Waals surface area contributed by atoms with E-state index >= 15 is 0 Å². The minimum absolute atomic E-state index is 0.0453. The standard InChI is InChI=1S/C57H99N3O16P2/c1-4-6-32-38-48(61)39-34-29-25-21-17-15-19-23-27-31-36-41-53(63)74-49(44-71-52(62)40-35-30-26-22-18-14-12-10-8-7-9-11-13-16-20-24-28-33-37-47(3)5-2)45-72-77(67,68)76-78(69,70)73-46-50-54(64)55(65)56(75-50)60-43-42-51(58)59-57(60)66/h15,17,23,25,27,29,34,39,42-43,47-50,54-56,61,64-65H,4-14,16,18-22,24,26,28,30-33,35-38,40-41,44-46H2,1-3H3,(H,67,68)(H,69,70)(H2,58,59,66)/b17-15-,27-23-,29-25-,39-34+/t47?,48-,49+,50+,54+,55+,56+/m0/s1. The number of aliphatic hydroxyl groups is 3. The number of aromatic nitrogens is 2. The maximum Gasteiger partial charge on any atom is 0.481 e. The molecule has 0 amide bonds. The molecule has 0 radical (unpaired) electrons. The number of phosphoric acid groups is 2. The van der Waals surface area contributed by atoms with Crippen molar-refractivity contribution in [3.63, 3.8) is 0 Å². The maximum atomic E-state index is 12.9. The monoisotopic (exact) mass is 1140 g/mol. The van der Waals surface area contributed by atoms with E-state index in [1.54, 1.807) is 6.08 Å². The van der Waals surface area contributed by atoms with E-state index in [2.05, 4.69) is 30.1 Å². The van der Waals surface area contributed by atoms with Gasteiger partial charge in [-0.05, 0) is 50.5 Å². The number of unbranched alkanes of at least 4 members (excludes halogenated alkanes) is 20. The summed E-state index contributed by atoms with van der Waals surface area (Å²) in [6.07, 6.45) is 39.4. The predicted octanol–water partition coefficient (Wildman–Crippen LogP) is 12.1. The Bertz CT molecular complexity index is 2030. The molecule has 448 valence electrons. The maximum absolute atomic E-state index is 12.9. The summed E-state index contributed by atoms with van der Waals surface area (Å²) in [5.41, 5.74) is 4.59. The molecule has 2 rings (SSSR count). The second-order valence-electron chi connectivity index (χ2n) is 20.6. The third kappa shape index (κ3) is 35.4. The van der Waals surface area contributed by atoms with Crippen molar-refractivity contribution < 1.29 is 71.4 Å². The van der Waals surface area contributed by atoms with Gasteiger partial charge in [-0.2, -0.15) is 9.29 Å². The molecule has 7 N–H and O–H groups in total. The molecule has 21 heteroatoms. The third-order valence-electron chi connectivity index (χ3n) is 13.6. The summed E-state index contributed by atoms with van der Waals surface area (Å²) in [6, 6.07) is 1.24. The van der Waals surface area contributed by atoms with E-state index in [0.717, 1.165) is 74.5 Å². The molecule has 2 heterocycles. The van der Waals surface area contributed by atoms with Gasteiger partial charge in [-0.15, -0.1) is 0 Å². The highest BCUT2D eigenvalue weighted by molar-refractivity contribution is 7.61. The minimum Gasteiger partial charge on any atom is -0.462 e. The Balaban J connectivity index is 1.77. The number of hydrogen-bond donors (Lipinski definition) is 6. The topological polar surface area (TPSA) is 286 Å². The summed E-state index contributed by atoms with van der Waals surface area (Å²) in [7, 11) is -10.9. The Morgan fingerprint density at radius 2 is 1.27 bits per heavy atom. The minimum atomic E-state index is -5.45. The van der Waals surface area contributed by atoms with Crippen LogP contribution in [0.1, 0.15) is 220 Å². The van der Waals surface area contributed by atoms with Gasteiger partial charge in [-0.1, -0.05) is 211 Å². The molecule has 0 spiro atoms. The number of allylic oxidation sites excluding steroid dienone is 7. The van der Waals surface area contributed by atoms with E-state index in [0.29, 0.717) is 25.7 Å². The number of ether oxygens (including phenoxy) is 3. The number of carbonyl (C=O) groups is 2. The first-order valence-electron chi connectivity index (χ1n) is 29.2. The lowest BCUT2D eigenvalue weighted by atomic mass is 9.99. The van der Waals surface area contributed by atoms with Crippen LogP contribution in [0.15, 0.2) is 65.7 Å². The lowest BCUT2D eigenvalue weighted by Crippen LogP contribution is -2.36. The number of aliphatic hydroxyl groups excluding tert-OH is 3. The van der Waals surface area contributed by atoms with Gasteiger partial charge >= 0.3 is 33.3 Å². The van der Waals surface area contributed by atoms with E-state index in [9.17, 15) is 48.6 Å². The van der Waals surface area contributed by atoms with Crippen LogP contribution in [0.5, 0.6) is 0 Å². The molecule has 19 nitrogen and oxygen atoms in total. The largest absolute Gasteiger partial charge is 0.481 e. The number of nitrogens with zero attached hydrogens (tertiary/aromatic N) is 2. The van der Waals surface area contributed by atoms with Crippen molar-refractivity contribution >= 4 is 33.4 Å². The van der Waals surface area contributed by atoms with Crippen molar-refractivity contribution in [2.24, 2.45) is 5.92 Å². The summed E-state index contributed by atoms with van der Waals surface area (Å²) < 4.78 is 56.9. The smallest absolute Gasteiger partial charge is 0.462 e. The van der Waals surface area contributed by atoms with Crippen LogP contribution in [0, 0.1) is 5.92 Å². The fourth-order valence-electron chi connectivity index (χ4n) is 8.63. The Morgan fingerprint density at radius 1 is 0.718 bits per heavy atom. The Hall–Kier alpha value is -3.32. The van der Waals surface area contributed by atoms with Crippen LogP contribution in [0.4, 0.5) is 5.82 Å². The van der Waals surface area contributed by atoms with Crippen molar-refractivity contribution in [2.45, 2.75) is 250 Å². The Morgan fingerprint density at radius 3 is 1.87 bits per heavy atom. The van der Waals surface area contributed by atoms with Gasteiger partial charge in [0, 0.05) is 19.0 Å². The summed E-state index contributed by atoms with van der Waals surface area (Å²) in [5, 5.41) is 30.9.